The Morgan fingerprint density at radius 3 is 2.16 bits per heavy atom. The Bertz CT molecular complexity index is 867. The highest BCUT2D eigenvalue weighted by atomic mass is 79.9. The van der Waals surface area contributed by atoms with Crippen LogP contribution in [-0.2, 0) is 5.41 Å². The second kappa shape index (κ2) is 7.18. The summed E-state index contributed by atoms with van der Waals surface area (Å²) < 4.78 is 0.834. The maximum Gasteiger partial charge on any atom is 0.277 e. The van der Waals surface area contributed by atoms with Crippen LogP contribution < -0.4 is 16.4 Å². The monoisotopic (exact) mass is 406 g/mol. The van der Waals surface area contributed by atoms with Gasteiger partial charge in [0.15, 0.2) is 0 Å². The number of aryl methyl sites for hydroxylation is 1. The van der Waals surface area contributed by atoms with Crippen molar-refractivity contribution in [2.24, 2.45) is 0 Å². The Balaban J connectivity index is 2.15. The third kappa shape index (κ3) is 4.54. The molecule has 1 aromatic heterocycles. The number of nitrogens with zero attached hydrogens (tertiary/aromatic N) is 1. The van der Waals surface area contributed by atoms with E-state index in [9.17, 15) is 14.4 Å². The average molecular weight is 407 g/mol. The van der Waals surface area contributed by atoms with Crippen LogP contribution in [-0.4, -0.2) is 21.8 Å². The summed E-state index contributed by atoms with van der Waals surface area (Å²) in [5.74, 6) is -0.725. The van der Waals surface area contributed by atoms with E-state index in [1.54, 1.807) is 31.2 Å². The predicted octanol–water partition coefficient (Wildman–Crippen LogP) is 2.21. The van der Waals surface area contributed by atoms with Gasteiger partial charge >= 0.3 is 0 Å². The molecule has 3 N–H and O–H groups in total. The Labute approximate surface area is 153 Å². The van der Waals surface area contributed by atoms with Gasteiger partial charge in [-0.15, -0.1) is 0 Å². The largest absolute Gasteiger partial charge is 0.309 e. The smallest absolute Gasteiger partial charge is 0.277 e. The molecule has 2 amide bonds. The normalized spacial score (nSPS) is 11.1. The Hall–Kier alpha value is -2.48. The Kier molecular flexibility index (Phi) is 5.42. The molecule has 0 saturated heterocycles. The zero-order valence-electron chi connectivity index (χ0n) is 14.4. The molecule has 8 heteroatoms. The molecule has 0 aliphatic carbocycles. The highest BCUT2D eigenvalue weighted by Crippen LogP contribution is 2.17. The molecule has 0 spiro atoms. The number of aromatic amines is 1. The van der Waals surface area contributed by atoms with Crippen LogP contribution >= 0.6 is 15.9 Å². The van der Waals surface area contributed by atoms with E-state index >= 15 is 0 Å². The van der Waals surface area contributed by atoms with Crippen LogP contribution in [0.15, 0.2) is 33.5 Å². The number of hydrogen-bond acceptors (Lipinski definition) is 4. The van der Waals surface area contributed by atoms with Gasteiger partial charge in [0.1, 0.15) is 11.4 Å². The van der Waals surface area contributed by atoms with Gasteiger partial charge in [0.25, 0.3) is 17.4 Å². The summed E-state index contributed by atoms with van der Waals surface area (Å²) in [6, 6.07) is 6.62. The summed E-state index contributed by atoms with van der Waals surface area (Å²) in [7, 11) is 0. The number of hydrazine groups is 1. The number of aromatic nitrogens is 2. The van der Waals surface area contributed by atoms with E-state index in [0.717, 1.165) is 4.47 Å². The standard InChI is InChI=1S/C17H19BrN4O3/c1-9-12(14(24)20-16(19-9)17(2,3)4)15(25)22-21-13(23)10-5-7-11(18)8-6-10/h5-8H,1-4H3,(H,21,23)(H,22,25)(H,19,20,24). The molecule has 0 aliphatic heterocycles. The first-order chi connectivity index (χ1) is 11.6. The molecule has 0 radical (unpaired) electrons. The molecular weight excluding hydrogens is 388 g/mol. The van der Waals surface area contributed by atoms with E-state index in [1.807, 2.05) is 20.8 Å². The van der Waals surface area contributed by atoms with E-state index in [-0.39, 0.29) is 11.0 Å². The third-order valence-electron chi connectivity index (χ3n) is 3.43. The lowest BCUT2D eigenvalue weighted by molar-refractivity contribution is 0.0845. The lowest BCUT2D eigenvalue weighted by atomic mass is 9.95. The van der Waals surface area contributed by atoms with E-state index < -0.39 is 17.4 Å². The summed E-state index contributed by atoms with van der Waals surface area (Å²) in [6.07, 6.45) is 0. The number of H-pyrrole nitrogens is 1. The second-order valence-electron chi connectivity index (χ2n) is 6.54. The summed E-state index contributed by atoms with van der Waals surface area (Å²) in [5, 5.41) is 0. The zero-order valence-corrected chi connectivity index (χ0v) is 15.9. The Morgan fingerprint density at radius 2 is 1.64 bits per heavy atom. The molecule has 1 aromatic carbocycles. The number of halogens is 1. The lowest BCUT2D eigenvalue weighted by Gasteiger charge is -2.18. The fourth-order valence-corrected chi connectivity index (χ4v) is 2.32. The molecule has 1 heterocycles. The number of nitrogens with one attached hydrogen (secondary N) is 3. The molecule has 132 valence electrons. The minimum absolute atomic E-state index is 0.135. The van der Waals surface area contributed by atoms with Crippen LogP contribution in [0, 0.1) is 6.92 Å². The van der Waals surface area contributed by atoms with Crippen LogP contribution in [0.3, 0.4) is 0 Å². The number of amides is 2. The van der Waals surface area contributed by atoms with Gasteiger partial charge in [-0.25, -0.2) is 4.98 Å². The fraction of sp³-hybridized carbons (Fsp3) is 0.294. The Morgan fingerprint density at radius 1 is 1.08 bits per heavy atom. The summed E-state index contributed by atoms with van der Waals surface area (Å²) in [6.45, 7) is 7.30. The van der Waals surface area contributed by atoms with Gasteiger partial charge in [-0.3, -0.25) is 25.2 Å². The summed E-state index contributed by atoms with van der Waals surface area (Å²) in [4.78, 5) is 43.4. The van der Waals surface area contributed by atoms with Gasteiger partial charge in [0, 0.05) is 15.5 Å². The summed E-state index contributed by atoms with van der Waals surface area (Å²) >= 11 is 3.28. The van der Waals surface area contributed by atoms with Crippen LogP contribution in [0.4, 0.5) is 0 Å². The number of carbonyl (C=O) groups is 2. The molecule has 7 nitrogen and oxygen atoms in total. The van der Waals surface area contributed by atoms with Gasteiger partial charge in [-0.05, 0) is 31.2 Å². The van der Waals surface area contributed by atoms with Gasteiger partial charge in [-0.2, -0.15) is 0 Å². The highest BCUT2D eigenvalue weighted by molar-refractivity contribution is 9.10. The van der Waals surface area contributed by atoms with Gasteiger partial charge < -0.3 is 4.98 Å². The first-order valence-corrected chi connectivity index (χ1v) is 8.36. The van der Waals surface area contributed by atoms with Crippen LogP contribution in [0.2, 0.25) is 0 Å². The van der Waals surface area contributed by atoms with E-state index in [0.29, 0.717) is 17.1 Å². The second-order valence-corrected chi connectivity index (χ2v) is 7.46. The van der Waals surface area contributed by atoms with Crippen LogP contribution in [0.25, 0.3) is 0 Å². The molecule has 0 saturated carbocycles. The molecular formula is C17H19BrN4O3. The molecule has 25 heavy (non-hydrogen) atoms. The molecule has 0 bridgehead atoms. The number of rotatable bonds is 2. The number of hydrogen-bond donors (Lipinski definition) is 3. The third-order valence-corrected chi connectivity index (χ3v) is 3.96. The van der Waals surface area contributed by atoms with E-state index in [4.69, 9.17) is 0 Å². The number of carbonyl (C=O) groups excluding carboxylic acids is 2. The van der Waals surface area contributed by atoms with Crippen LogP contribution in [0.5, 0.6) is 0 Å². The first-order valence-electron chi connectivity index (χ1n) is 7.57. The predicted molar refractivity (Wildman–Crippen MR) is 97.4 cm³/mol. The molecule has 0 aliphatic rings. The topological polar surface area (TPSA) is 104 Å². The first kappa shape index (κ1) is 18.9. The van der Waals surface area contributed by atoms with Crippen LogP contribution in [0.1, 0.15) is 53.0 Å². The van der Waals surface area contributed by atoms with Crippen molar-refractivity contribution in [2.45, 2.75) is 33.1 Å². The molecule has 2 rings (SSSR count). The summed E-state index contributed by atoms with van der Waals surface area (Å²) in [5.41, 5.74) is 4.15. The van der Waals surface area contributed by atoms with Crippen molar-refractivity contribution in [1.29, 1.82) is 0 Å². The molecule has 0 atom stereocenters. The van der Waals surface area contributed by atoms with Crippen molar-refractivity contribution < 1.29 is 9.59 Å². The molecule has 0 fully saturated rings. The van der Waals surface area contributed by atoms with Crippen molar-refractivity contribution in [2.75, 3.05) is 0 Å². The minimum Gasteiger partial charge on any atom is -0.309 e. The highest BCUT2D eigenvalue weighted by Gasteiger charge is 2.22. The fourth-order valence-electron chi connectivity index (χ4n) is 2.06. The molecule has 0 unspecified atom stereocenters. The van der Waals surface area contributed by atoms with E-state index in [2.05, 4.69) is 36.7 Å². The quantitative estimate of drug-likeness (QED) is 0.664. The molecule has 2 aromatic rings. The van der Waals surface area contributed by atoms with Gasteiger partial charge in [0.05, 0.1) is 5.69 Å². The van der Waals surface area contributed by atoms with Gasteiger partial charge in [-0.1, -0.05) is 36.7 Å². The van der Waals surface area contributed by atoms with Crippen molar-refractivity contribution in [3.8, 4) is 0 Å². The maximum atomic E-state index is 12.2. The SMILES string of the molecule is Cc1nc(C(C)(C)C)[nH]c(=O)c1C(=O)NNC(=O)c1ccc(Br)cc1. The minimum atomic E-state index is -0.725. The van der Waals surface area contributed by atoms with Gasteiger partial charge in [0.2, 0.25) is 0 Å². The van der Waals surface area contributed by atoms with Crippen molar-refractivity contribution in [3.63, 3.8) is 0 Å². The van der Waals surface area contributed by atoms with Crippen molar-refractivity contribution >= 4 is 27.7 Å². The van der Waals surface area contributed by atoms with Crippen molar-refractivity contribution in [3.05, 3.63) is 61.7 Å². The average Bonchev–Trinajstić information content (AvgIpc) is 2.51. The van der Waals surface area contributed by atoms with E-state index in [1.165, 1.54) is 0 Å². The number of benzene rings is 1. The van der Waals surface area contributed by atoms with Crippen molar-refractivity contribution in [1.82, 2.24) is 20.8 Å². The zero-order chi connectivity index (χ0) is 18.8. The maximum absolute atomic E-state index is 12.2. The lowest BCUT2D eigenvalue weighted by Crippen LogP contribution is -2.44.